The Kier molecular flexibility index (Phi) is 5.23. The molecule has 0 bridgehead atoms. The van der Waals surface area contributed by atoms with Gasteiger partial charge in [0.1, 0.15) is 11.5 Å². The van der Waals surface area contributed by atoms with Gasteiger partial charge in [-0.2, -0.15) is 0 Å². The second-order valence-corrected chi connectivity index (χ2v) is 8.79. The molecule has 4 N–H and O–H groups in total. The maximum Gasteiger partial charge on any atom is 0.335 e. The molecule has 1 aliphatic heterocycles. The van der Waals surface area contributed by atoms with Gasteiger partial charge >= 0.3 is 11.9 Å². The lowest BCUT2D eigenvalue weighted by atomic mass is 9.95. The van der Waals surface area contributed by atoms with Crippen LogP contribution in [0.2, 0.25) is 0 Å². The molecule has 3 heterocycles. The predicted octanol–water partition coefficient (Wildman–Crippen LogP) is 4.38. The van der Waals surface area contributed by atoms with Gasteiger partial charge in [-0.25, -0.2) is 9.78 Å². The summed E-state index contributed by atoms with van der Waals surface area (Å²) in [5, 5.41) is 21.5. The lowest BCUT2D eigenvalue weighted by Crippen LogP contribution is -2.30. The summed E-state index contributed by atoms with van der Waals surface area (Å²) in [6, 6.07) is 17.4. The fourth-order valence-electron chi connectivity index (χ4n) is 4.83. The number of carboxylic acid groups (broad SMARTS) is 1. The molecule has 1 atom stereocenters. The number of aromatic amines is 2. The molecule has 10 heteroatoms. The molecule has 5 aromatic rings. The van der Waals surface area contributed by atoms with Crippen molar-refractivity contribution in [1.29, 1.82) is 0 Å². The Bertz CT molecular complexity index is 1810. The summed E-state index contributed by atoms with van der Waals surface area (Å²) >= 11 is 0. The van der Waals surface area contributed by atoms with Crippen LogP contribution < -0.4 is 9.64 Å². The molecule has 1 saturated heterocycles. The number of methoxy groups -OCH3 is 1. The van der Waals surface area contributed by atoms with Crippen molar-refractivity contribution >= 4 is 51.3 Å². The summed E-state index contributed by atoms with van der Waals surface area (Å²) in [7, 11) is 1.50. The Morgan fingerprint density at radius 2 is 1.82 bits per heavy atom. The van der Waals surface area contributed by atoms with Crippen LogP contribution in [0.5, 0.6) is 5.75 Å². The molecule has 1 aliphatic rings. The number of aromatic carboxylic acids is 1. The molecule has 0 saturated carbocycles. The van der Waals surface area contributed by atoms with Gasteiger partial charge in [0, 0.05) is 22.7 Å². The summed E-state index contributed by atoms with van der Waals surface area (Å²) in [4.78, 5) is 50.1. The van der Waals surface area contributed by atoms with E-state index in [4.69, 9.17) is 4.74 Å². The number of carboxylic acids is 1. The van der Waals surface area contributed by atoms with E-state index in [0.717, 1.165) is 5.52 Å². The van der Waals surface area contributed by atoms with Crippen molar-refractivity contribution in [2.45, 2.75) is 6.04 Å². The third-order valence-electron chi connectivity index (χ3n) is 6.64. The number of benzene rings is 3. The number of nitrogens with zero attached hydrogens (tertiary/aromatic N) is 2. The number of amides is 1. The van der Waals surface area contributed by atoms with Gasteiger partial charge in [-0.05, 0) is 42.0 Å². The van der Waals surface area contributed by atoms with Crippen molar-refractivity contribution < 1.29 is 29.3 Å². The first kappa shape index (κ1) is 23.0. The predicted molar refractivity (Wildman–Crippen MR) is 139 cm³/mol. The second kappa shape index (κ2) is 8.63. The van der Waals surface area contributed by atoms with Crippen LogP contribution >= 0.6 is 0 Å². The number of ether oxygens (including phenoxy) is 1. The minimum absolute atomic E-state index is 0.0374. The second-order valence-electron chi connectivity index (χ2n) is 8.79. The number of aromatic nitrogens is 3. The largest absolute Gasteiger partial charge is 0.507 e. The first-order chi connectivity index (χ1) is 18.4. The number of carbonyl (C=O) groups excluding carboxylic acids is 2. The molecule has 188 valence electrons. The number of hydrogen-bond donors (Lipinski definition) is 4. The Labute approximate surface area is 214 Å². The van der Waals surface area contributed by atoms with Gasteiger partial charge in [0.15, 0.2) is 0 Å². The molecule has 3 aromatic carbocycles. The molecule has 1 amide bonds. The van der Waals surface area contributed by atoms with Crippen molar-refractivity contribution in [1.82, 2.24) is 15.0 Å². The van der Waals surface area contributed by atoms with Crippen molar-refractivity contribution in [3.63, 3.8) is 0 Å². The first-order valence-corrected chi connectivity index (χ1v) is 11.6. The monoisotopic (exact) mass is 508 g/mol. The number of imidazole rings is 1. The third kappa shape index (κ3) is 3.50. The minimum Gasteiger partial charge on any atom is -0.507 e. The Balaban J connectivity index is 1.58. The van der Waals surface area contributed by atoms with Crippen molar-refractivity contribution in [2.24, 2.45) is 0 Å². The van der Waals surface area contributed by atoms with Crippen molar-refractivity contribution in [3.8, 4) is 5.75 Å². The van der Waals surface area contributed by atoms with Crippen LogP contribution in [0.4, 0.5) is 5.95 Å². The highest BCUT2D eigenvalue weighted by atomic mass is 16.5. The van der Waals surface area contributed by atoms with Gasteiger partial charge in [-0.1, -0.05) is 30.3 Å². The summed E-state index contributed by atoms with van der Waals surface area (Å²) in [5.74, 6) is -2.69. The highest BCUT2D eigenvalue weighted by Crippen LogP contribution is 2.43. The molecule has 1 unspecified atom stereocenters. The number of aliphatic hydroxyl groups excluding tert-OH is 1. The summed E-state index contributed by atoms with van der Waals surface area (Å²) < 4.78 is 5.37. The molecular formula is C28H20N4O6. The average molecular weight is 508 g/mol. The summed E-state index contributed by atoms with van der Waals surface area (Å²) in [6.45, 7) is 0. The van der Waals surface area contributed by atoms with E-state index >= 15 is 0 Å². The number of aliphatic hydroxyl groups is 1. The quantitative estimate of drug-likeness (QED) is 0.156. The van der Waals surface area contributed by atoms with Crippen LogP contribution in [0.15, 0.2) is 78.5 Å². The highest BCUT2D eigenvalue weighted by molar-refractivity contribution is 6.51. The molecule has 0 radical (unpaired) electrons. The van der Waals surface area contributed by atoms with E-state index in [1.165, 1.54) is 30.2 Å². The summed E-state index contributed by atoms with van der Waals surface area (Å²) in [5.41, 5.74) is 2.36. The van der Waals surface area contributed by atoms with Gasteiger partial charge < -0.3 is 24.9 Å². The maximum atomic E-state index is 13.5. The molecule has 38 heavy (non-hydrogen) atoms. The van der Waals surface area contributed by atoms with Gasteiger partial charge in [0.25, 0.3) is 5.78 Å². The number of Topliss-reactive ketones (excluding diaryl/α,β-unsaturated/α-hetero) is 1. The lowest BCUT2D eigenvalue weighted by Gasteiger charge is -2.23. The van der Waals surface area contributed by atoms with E-state index < -0.39 is 23.7 Å². The van der Waals surface area contributed by atoms with E-state index in [1.807, 2.05) is 18.2 Å². The summed E-state index contributed by atoms with van der Waals surface area (Å²) in [6.07, 6.45) is 1.59. The topological polar surface area (TPSA) is 149 Å². The molecule has 0 spiro atoms. The number of anilines is 1. The third-order valence-corrected chi connectivity index (χ3v) is 6.64. The van der Waals surface area contributed by atoms with E-state index in [0.29, 0.717) is 33.3 Å². The van der Waals surface area contributed by atoms with E-state index in [9.17, 15) is 24.6 Å². The van der Waals surface area contributed by atoms with E-state index in [-0.39, 0.29) is 22.8 Å². The van der Waals surface area contributed by atoms with E-state index in [1.54, 1.807) is 36.5 Å². The minimum atomic E-state index is -1.11. The fraction of sp³-hybridized carbons (Fsp3) is 0.0714. The Morgan fingerprint density at radius 1 is 1.00 bits per heavy atom. The van der Waals surface area contributed by atoms with Gasteiger partial charge in [0.2, 0.25) is 5.95 Å². The van der Waals surface area contributed by atoms with Gasteiger partial charge in [-0.3, -0.25) is 14.5 Å². The molecular weight excluding hydrogens is 488 g/mol. The standard InChI is InChI=1S/C28H20N4O6/c1-38-16-6-4-5-14(11-16)23-22(24(33)18-13-29-19-8-3-2-7-17(18)19)25(34)26(35)32(23)28-30-20-10-9-15(27(36)37)12-21(20)31-28/h2-13,23,29,33H,1H3,(H,30,31)(H,36,37)/b24-22+. The zero-order valence-electron chi connectivity index (χ0n) is 19.9. The smallest absolute Gasteiger partial charge is 0.335 e. The number of H-pyrrole nitrogens is 2. The normalized spacial score (nSPS) is 17.0. The Morgan fingerprint density at radius 3 is 2.61 bits per heavy atom. The van der Waals surface area contributed by atoms with E-state index in [2.05, 4.69) is 15.0 Å². The number of hydrogen-bond acceptors (Lipinski definition) is 6. The average Bonchev–Trinajstić information content (AvgIpc) is 3.62. The van der Waals surface area contributed by atoms with Crippen LogP contribution in [0.25, 0.3) is 27.7 Å². The first-order valence-electron chi connectivity index (χ1n) is 11.6. The van der Waals surface area contributed by atoms with Crippen molar-refractivity contribution in [3.05, 3.63) is 95.2 Å². The zero-order chi connectivity index (χ0) is 26.6. The molecule has 2 aromatic heterocycles. The lowest BCUT2D eigenvalue weighted by molar-refractivity contribution is -0.132. The van der Waals surface area contributed by atoms with Crippen LogP contribution in [-0.2, 0) is 9.59 Å². The molecule has 1 fully saturated rings. The molecule has 0 aliphatic carbocycles. The SMILES string of the molecule is COc1cccc(C2/C(=C(\O)c3c[nH]c4ccccc34)C(=O)C(=O)N2c2nc3ccc(C(=O)O)cc3[nH]2)c1. The zero-order valence-corrected chi connectivity index (χ0v) is 19.9. The van der Waals surface area contributed by atoms with Gasteiger partial charge in [0.05, 0.1) is 35.3 Å². The Hall–Kier alpha value is -5.38. The molecule has 6 rings (SSSR count). The van der Waals surface area contributed by atoms with Gasteiger partial charge in [-0.15, -0.1) is 0 Å². The molecule has 10 nitrogen and oxygen atoms in total. The number of carbonyl (C=O) groups is 3. The highest BCUT2D eigenvalue weighted by Gasteiger charge is 2.48. The number of ketones is 1. The van der Waals surface area contributed by atoms with Crippen LogP contribution in [0, 0.1) is 0 Å². The van der Waals surface area contributed by atoms with Crippen LogP contribution in [0.1, 0.15) is 27.5 Å². The van der Waals surface area contributed by atoms with Crippen LogP contribution in [0.3, 0.4) is 0 Å². The number of nitrogens with one attached hydrogen (secondary N) is 2. The number of para-hydroxylation sites is 1. The van der Waals surface area contributed by atoms with Crippen molar-refractivity contribution in [2.75, 3.05) is 12.0 Å². The number of fused-ring (bicyclic) bond motifs is 2. The fourth-order valence-corrected chi connectivity index (χ4v) is 4.83. The number of rotatable bonds is 5. The maximum absolute atomic E-state index is 13.5. The van der Waals surface area contributed by atoms with Crippen LogP contribution in [-0.4, -0.2) is 49.9 Å².